The van der Waals surface area contributed by atoms with E-state index in [-0.39, 0.29) is 17.2 Å². The number of nitrogens with one attached hydrogen (secondary N) is 3. The zero-order chi connectivity index (χ0) is 20.2. The molecule has 0 radical (unpaired) electrons. The predicted octanol–water partition coefficient (Wildman–Crippen LogP) is 3.87. The Morgan fingerprint density at radius 1 is 0.778 bits per heavy atom. The van der Waals surface area contributed by atoms with Crippen molar-refractivity contribution in [2.45, 2.75) is 20.0 Å². The fourth-order valence-corrected chi connectivity index (χ4v) is 2.27. The van der Waals surface area contributed by atoms with E-state index in [1.165, 1.54) is 44.2 Å². The van der Waals surface area contributed by atoms with E-state index in [1.807, 2.05) is 0 Å². The van der Waals surface area contributed by atoms with Crippen LogP contribution in [-0.4, -0.2) is 17.7 Å². The summed E-state index contributed by atoms with van der Waals surface area (Å²) in [5.74, 6) is -1.55. The SMILES string of the molecule is CC(=O)Nc1ccc(C(=O)Nc2ccc(NC(C)=O)cc2C(F)(F)F)cc1. The Labute approximate surface area is 152 Å². The Kier molecular flexibility index (Phi) is 5.84. The molecule has 3 amide bonds. The second kappa shape index (κ2) is 7.90. The largest absolute Gasteiger partial charge is 0.418 e. The van der Waals surface area contributed by atoms with E-state index in [9.17, 15) is 27.6 Å². The topological polar surface area (TPSA) is 87.3 Å². The molecule has 6 nitrogen and oxygen atoms in total. The molecule has 0 aliphatic rings. The van der Waals surface area contributed by atoms with E-state index in [2.05, 4.69) is 16.0 Å². The van der Waals surface area contributed by atoms with E-state index in [4.69, 9.17) is 0 Å². The minimum Gasteiger partial charge on any atom is -0.326 e. The summed E-state index contributed by atoms with van der Waals surface area (Å²) in [6, 6.07) is 8.74. The van der Waals surface area contributed by atoms with Crippen molar-refractivity contribution in [1.82, 2.24) is 0 Å². The van der Waals surface area contributed by atoms with Crippen LogP contribution >= 0.6 is 0 Å². The van der Waals surface area contributed by atoms with Crippen LogP contribution in [0.5, 0.6) is 0 Å². The molecular formula is C18H16F3N3O3. The predicted molar refractivity (Wildman–Crippen MR) is 94.4 cm³/mol. The van der Waals surface area contributed by atoms with Gasteiger partial charge in [-0.05, 0) is 42.5 Å². The van der Waals surface area contributed by atoms with E-state index < -0.39 is 29.2 Å². The van der Waals surface area contributed by atoms with Gasteiger partial charge in [-0.25, -0.2) is 0 Å². The number of anilines is 3. The molecule has 0 heterocycles. The lowest BCUT2D eigenvalue weighted by molar-refractivity contribution is -0.137. The van der Waals surface area contributed by atoms with Gasteiger partial charge in [0.1, 0.15) is 0 Å². The summed E-state index contributed by atoms with van der Waals surface area (Å²) in [5, 5.41) is 7.00. The lowest BCUT2D eigenvalue weighted by Crippen LogP contribution is -2.17. The molecular weight excluding hydrogens is 363 g/mol. The number of rotatable bonds is 4. The maximum atomic E-state index is 13.3. The molecule has 0 spiro atoms. The van der Waals surface area contributed by atoms with Crippen molar-refractivity contribution in [3.8, 4) is 0 Å². The van der Waals surface area contributed by atoms with Gasteiger partial charge in [-0.1, -0.05) is 0 Å². The molecule has 0 fully saturated rings. The van der Waals surface area contributed by atoms with Crippen molar-refractivity contribution in [2.75, 3.05) is 16.0 Å². The highest BCUT2D eigenvalue weighted by Crippen LogP contribution is 2.36. The molecule has 0 aliphatic carbocycles. The van der Waals surface area contributed by atoms with Crippen LogP contribution in [0.1, 0.15) is 29.8 Å². The molecule has 2 aromatic carbocycles. The van der Waals surface area contributed by atoms with Crippen molar-refractivity contribution in [3.05, 3.63) is 53.6 Å². The molecule has 0 unspecified atom stereocenters. The Morgan fingerprint density at radius 2 is 1.30 bits per heavy atom. The van der Waals surface area contributed by atoms with Gasteiger partial charge in [0.2, 0.25) is 11.8 Å². The molecule has 9 heteroatoms. The normalized spacial score (nSPS) is 10.9. The van der Waals surface area contributed by atoms with Gasteiger partial charge in [-0.3, -0.25) is 14.4 Å². The maximum absolute atomic E-state index is 13.3. The second-order valence-electron chi connectivity index (χ2n) is 5.65. The van der Waals surface area contributed by atoms with Crippen LogP contribution in [0, 0.1) is 0 Å². The van der Waals surface area contributed by atoms with Gasteiger partial charge in [0, 0.05) is 30.8 Å². The van der Waals surface area contributed by atoms with Gasteiger partial charge in [0.05, 0.1) is 11.3 Å². The molecule has 2 aromatic rings. The van der Waals surface area contributed by atoms with Crippen molar-refractivity contribution >= 4 is 34.8 Å². The number of alkyl halides is 3. The highest BCUT2D eigenvalue weighted by Gasteiger charge is 2.34. The summed E-state index contributed by atoms with van der Waals surface area (Å²) in [6.07, 6.45) is -4.73. The number of amides is 3. The van der Waals surface area contributed by atoms with Crippen LogP contribution in [0.15, 0.2) is 42.5 Å². The molecule has 27 heavy (non-hydrogen) atoms. The first kappa shape index (κ1) is 20.0. The number of hydrogen-bond donors (Lipinski definition) is 3. The van der Waals surface area contributed by atoms with Crippen molar-refractivity contribution in [2.24, 2.45) is 0 Å². The monoisotopic (exact) mass is 379 g/mol. The summed E-state index contributed by atoms with van der Waals surface area (Å²) in [4.78, 5) is 34.3. The summed E-state index contributed by atoms with van der Waals surface area (Å²) < 4.78 is 39.9. The van der Waals surface area contributed by atoms with Gasteiger partial charge in [0.15, 0.2) is 0 Å². The van der Waals surface area contributed by atoms with Gasteiger partial charge >= 0.3 is 6.18 Å². The minimum absolute atomic E-state index is 0.0347. The highest BCUT2D eigenvalue weighted by molar-refractivity contribution is 6.05. The fourth-order valence-electron chi connectivity index (χ4n) is 2.27. The molecule has 0 aromatic heterocycles. The Hall–Kier alpha value is -3.36. The van der Waals surface area contributed by atoms with E-state index in [0.29, 0.717) is 5.69 Å². The van der Waals surface area contributed by atoms with Crippen LogP contribution in [0.3, 0.4) is 0 Å². The average Bonchev–Trinajstić information content (AvgIpc) is 2.55. The minimum atomic E-state index is -4.73. The van der Waals surface area contributed by atoms with Crippen LogP contribution in [-0.2, 0) is 15.8 Å². The zero-order valence-electron chi connectivity index (χ0n) is 14.4. The number of hydrogen-bond acceptors (Lipinski definition) is 3. The van der Waals surface area contributed by atoms with Crippen LogP contribution < -0.4 is 16.0 Å². The van der Waals surface area contributed by atoms with Gasteiger partial charge in [0.25, 0.3) is 5.91 Å². The summed E-state index contributed by atoms with van der Waals surface area (Å²) in [6.45, 7) is 2.50. The molecule has 0 saturated carbocycles. The third kappa shape index (κ3) is 5.56. The summed E-state index contributed by atoms with van der Waals surface area (Å²) in [5.41, 5.74) is -0.991. The number of benzene rings is 2. The molecule has 0 saturated heterocycles. The van der Waals surface area contributed by atoms with Crippen LogP contribution in [0.4, 0.5) is 30.2 Å². The third-order valence-corrected chi connectivity index (χ3v) is 3.36. The lowest BCUT2D eigenvalue weighted by atomic mass is 10.1. The molecule has 0 aliphatic heterocycles. The molecule has 3 N–H and O–H groups in total. The van der Waals surface area contributed by atoms with Crippen LogP contribution in [0.25, 0.3) is 0 Å². The number of halogens is 3. The Balaban J connectivity index is 2.26. The summed E-state index contributed by atoms with van der Waals surface area (Å²) >= 11 is 0. The molecule has 142 valence electrons. The third-order valence-electron chi connectivity index (χ3n) is 3.36. The van der Waals surface area contributed by atoms with Gasteiger partial charge in [-0.2, -0.15) is 13.2 Å². The van der Waals surface area contributed by atoms with E-state index in [0.717, 1.165) is 12.1 Å². The molecule has 0 atom stereocenters. The maximum Gasteiger partial charge on any atom is 0.418 e. The average molecular weight is 379 g/mol. The lowest BCUT2D eigenvalue weighted by Gasteiger charge is -2.15. The van der Waals surface area contributed by atoms with E-state index in [1.54, 1.807) is 0 Å². The van der Waals surface area contributed by atoms with Crippen molar-refractivity contribution in [3.63, 3.8) is 0 Å². The quantitative estimate of drug-likeness (QED) is 0.754. The Morgan fingerprint density at radius 3 is 1.81 bits per heavy atom. The van der Waals surface area contributed by atoms with E-state index >= 15 is 0 Å². The zero-order valence-corrected chi connectivity index (χ0v) is 14.4. The molecule has 2 rings (SSSR count). The number of carbonyl (C=O) groups is 3. The van der Waals surface area contributed by atoms with Crippen molar-refractivity contribution < 1.29 is 27.6 Å². The van der Waals surface area contributed by atoms with Gasteiger partial charge in [-0.15, -0.1) is 0 Å². The first-order valence-corrected chi connectivity index (χ1v) is 7.74. The van der Waals surface area contributed by atoms with Crippen LogP contribution in [0.2, 0.25) is 0 Å². The summed E-state index contributed by atoms with van der Waals surface area (Å²) in [7, 11) is 0. The van der Waals surface area contributed by atoms with Crippen molar-refractivity contribution in [1.29, 1.82) is 0 Å². The Bertz CT molecular complexity index is 878. The smallest absolute Gasteiger partial charge is 0.326 e. The highest BCUT2D eigenvalue weighted by atomic mass is 19.4. The first-order chi connectivity index (χ1) is 12.6. The standard InChI is InChI=1S/C18H16F3N3O3/c1-10(25)22-13-5-3-12(4-6-13)17(27)24-16-8-7-14(23-11(2)26)9-15(16)18(19,20)21/h3-9H,1-2H3,(H,22,25)(H,23,26)(H,24,27). The van der Waals surface area contributed by atoms with Gasteiger partial charge < -0.3 is 16.0 Å². The first-order valence-electron chi connectivity index (χ1n) is 7.74. The second-order valence-corrected chi connectivity index (χ2v) is 5.65. The fraction of sp³-hybridized carbons (Fsp3) is 0.167. The molecule has 0 bridgehead atoms. The number of carbonyl (C=O) groups excluding carboxylic acids is 3.